The topological polar surface area (TPSA) is 0 Å². The quantitative estimate of drug-likeness (QED) is 0.442. The molecule has 0 aliphatic heterocycles. The summed E-state index contributed by atoms with van der Waals surface area (Å²) in [6.07, 6.45) is 0. The second-order valence-electron chi connectivity index (χ2n) is 2.22. The Labute approximate surface area is 93.3 Å². The molecular weight excluding hydrogens is 582 g/mol. The van der Waals surface area contributed by atoms with Crippen LogP contribution in [0.25, 0.3) is 0 Å². The van der Waals surface area contributed by atoms with Gasteiger partial charge in [0.05, 0.1) is 0 Å². The molecule has 0 spiro atoms. The monoisotopic (exact) mass is 589 g/mol. The molecule has 0 heterocycles. The van der Waals surface area contributed by atoms with Crippen molar-refractivity contribution in [1.29, 1.82) is 0 Å². The van der Waals surface area contributed by atoms with Crippen molar-refractivity contribution in [1.82, 2.24) is 0 Å². The van der Waals surface area contributed by atoms with Gasteiger partial charge in [-0.25, -0.2) is 0 Å². The summed E-state index contributed by atoms with van der Waals surface area (Å²) in [5.41, 5.74) is 1.30. The fourth-order valence-electron chi connectivity index (χ4n) is 0.693. The average Bonchev–Trinajstić information content (AvgIpc) is 1.86. The molecule has 62 valence electrons. The Morgan fingerprint density at radius 1 is 1.18 bits per heavy atom. The van der Waals surface area contributed by atoms with E-state index < -0.39 is 10.9 Å². The van der Waals surface area contributed by atoms with Crippen molar-refractivity contribution in [3.05, 3.63) is 29.8 Å². The Morgan fingerprint density at radius 2 is 1.64 bits per heavy atom. The van der Waals surface area contributed by atoms with Gasteiger partial charge in [-0.3, -0.25) is 0 Å². The zero-order valence-corrected chi connectivity index (χ0v) is 14.1. The molecule has 0 aliphatic carbocycles. The number of benzene rings is 1. The van der Waals surface area contributed by atoms with Gasteiger partial charge in [-0.1, -0.05) is 0 Å². The Kier molecular flexibility index (Phi) is 4.37. The molecule has 0 saturated heterocycles. The third kappa shape index (κ3) is 3.62. The molecule has 0 unspecified atom stereocenters. The first-order valence-electron chi connectivity index (χ1n) is 2.99. The number of hydrogen-bond donors (Lipinski definition) is 0. The molecule has 1 aromatic rings. The van der Waals surface area contributed by atoms with E-state index in [1.54, 1.807) is 0 Å². The summed E-state index contributed by atoms with van der Waals surface area (Å²) in [5.74, 6) is 0. The van der Waals surface area contributed by atoms with E-state index in [1.165, 1.54) is 8.79 Å². The van der Waals surface area contributed by atoms with Gasteiger partial charge in [-0.2, -0.15) is 0 Å². The van der Waals surface area contributed by atoms with E-state index in [2.05, 4.69) is 67.1 Å². The number of aryl methyl sites for hydroxylation is 1. The minimum absolute atomic E-state index is 1.30. The van der Waals surface area contributed by atoms with Crippen molar-refractivity contribution in [3.8, 4) is 0 Å². The second-order valence-corrected chi connectivity index (χ2v) is 58.4. The minimum atomic E-state index is -2.31. The van der Waals surface area contributed by atoms with E-state index in [4.69, 9.17) is 8.45 Å². The molecule has 0 nitrogen and oxygen atoms in total. The van der Waals surface area contributed by atoms with Crippen LogP contribution < -0.4 is 3.22 Å². The van der Waals surface area contributed by atoms with Crippen LogP contribution in [-0.4, -0.2) is 10.9 Å². The Bertz CT molecular complexity index is 240. The Hall–Kier alpha value is 1.87. The molecule has 0 fully saturated rings. The second kappa shape index (κ2) is 4.39. The molecule has 0 N–H and O–H groups in total. The molecule has 0 aliphatic rings. The van der Waals surface area contributed by atoms with E-state index in [9.17, 15) is 0 Å². The van der Waals surface area contributed by atoms with Gasteiger partial charge in [0.25, 0.3) is 0 Å². The van der Waals surface area contributed by atoms with Gasteiger partial charge < -0.3 is 0 Å². The fourth-order valence-corrected chi connectivity index (χ4v) is 8.48. The van der Waals surface area contributed by atoms with Crippen LogP contribution in [0.5, 0.6) is 0 Å². The molecule has 1 rings (SSSR count). The summed E-state index contributed by atoms with van der Waals surface area (Å²) in [6, 6.07) is 8.55. The standard InChI is InChI=1S/C7H7.ClH.2HI.Po/c1-7-5-3-2-4-6-7;;;;/h3-6H,1H3;3*1H;/q;;;;+3/p-3. The molecule has 0 bridgehead atoms. The van der Waals surface area contributed by atoms with Crippen molar-refractivity contribution in [2.75, 3.05) is 0 Å². The maximum absolute atomic E-state index is 6.29. The molecule has 0 radical (unpaired) electrons. The molecule has 4 heteroatoms. The summed E-state index contributed by atoms with van der Waals surface area (Å²) >= 11 is 4.83. The zero-order valence-electron chi connectivity index (χ0n) is 5.85. The van der Waals surface area contributed by atoms with Gasteiger partial charge in [0.1, 0.15) is 0 Å². The maximum atomic E-state index is 6.29. The predicted octanol–water partition coefficient (Wildman–Crippen LogP) is 3.25. The summed E-state index contributed by atoms with van der Waals surface area (Å²) in [4.78, 5) is 0. The van der Waals surface area contributed by atoms with Crippen LogP contribution in [0, 0.1) is 6.92 Å². The summed E-state index contributed by atoms with van der Waals surface area (Å²) in [6.45, 7) is 2.09. The number of rotatable bonds is 1. The van der Waals surface area contributed by atoms with Gasteiger partial charge in [0, 0.05) is 0 Å². The van der Waals surface area contributed by atoms with Crippen LogP contribution >= 0.6 is 44.3 Å². The normalized spacial score (nSPS) is 13.1. The van der Waals surface area contributed by atoms with Crippen molar-refractivity contribution in [3.63, 3.8) is 0 Å². The molecule has 11 heavy (non-hydrogen) atoms. The van der Waals surface area contributed by atoms with Crippen LogP contribution in [0.1, 0.15) is 5.56 Å². The zero-order chi connectivity index (χ0) is 8.48. The van der Waals surface area contributed by atoms with Crippen LogP contribution in [0.4, 0.5) is 0 Å². The van der Waals surface area contributed by atoms with Gasteiger partial charge >= 0.3 is 95.2 Å². The van der Waals surface area contributed by atoms with Crippen LogP contribution in [0.15, 0.2) is 24.3 Å². The fraction of sp³-hybridized carbons (Fsp3) is 0.143. The van der Waals surface area contributed by atoms with Crippen molar-refractivity contribution in [2.24, 2.45) is 0 Å². The molecule has 0 atom stereocenters. The van der Waals surface area contributed by atoms with E-state index in [-0.39, 0.29) is 0 Å². The average molecular weight is 589 g/mol. The van der Waals surface area contributed by atoms with Gasteiger partial charge in [-0.15, -0.1) is 0 Å². The van der Waals surface area contributed by atoms with Crippen LogP contribution in [0.3, 0.4) is 0 Å². The summed E-state index contributed by atoms with van der Waals surface area (Å²) in [5, 5.41) is 0. The molecule has 0 aromatic heterocycles. The number of halogens is 3. The van der Waals surface area contributed by atoms with Crippen LogP contribution in [0.2, 0.25) is 0 Å². The molecular formula is C7H7ClI2Po. The van der Waals surface area contributed by atoms with Gasteiger partial charge in [-0.05, 0) is 0 Å². The summed E-state index contributed by atoms with van der Waals surface area (Å²) < 4.78 is 1.35. The van der Waals surface area contributed by atoms with Gasteiger partial charge in [0.2, 0.25) is 0 Å². The molecule has 0 amide bonds. The van der Waals surface area contributed by atoms with Gasteiger partial charge in [0.15, 0.2) is 0 Å². The van der Waals surface area contributed by atoms with Crippen LogP contribution in [-0.2, 0) is 0 Å². The molecule has 1 aromatic carbocycles. The third-order valence-electron chi connectivity index (χ3n) is 1.29. The first kappa shape index (κ1) is 10.9. The van der Waals surface area contributed by atoms with E-state index >= 15 is 0 Å². The molecule has 0 saturated carbocycles. The van der Waals surface area contributed by atoms with E-state index in [1.807, 2.05) is 0 Å². The van der Waals surface area contributed by atoms with Crippen molar-refractivity contribution in [2.45, 2.75) is 6.92 Å². The third-order valence-corrected chi connectivity index (χ3v) is 14.9. The van der Waals surface area contributed by atoms with E-state index in [0.29, 0.717) is 0 Å². The van der Waals surface area contributed by atoms with E-state index in [0.717, 1.165) is 0 Å². The van der Waals surface area contributed by atoms with Crippen molar-refractivity contribution < 1.29 is 0 Å². The summed E-state index contributed by atoms with van der Waals surface area (Å²) in [7, 11) is 3.98. The first-order valence-corrected chi connectivity index (χ1v) is 26.3. The Morgan fingerprint density at radius 3 is 2.00 bits per heavy atom. The first-order chi connectivity index (χ1) is 5.00. The van der Waals surface area contributed by atoms with Crippen molar-refractivity contribution >= 4 is 58.5 Å². The predicted molar refractivity (Wildman–Crippen MR) is 70.5 cm³/mol. The SMILES string of the molecule is Cc1cc[c]([Po]([Cl])([I])[I])cc1. The Balaban J connectivity index is 2.99. The number of hydrogen-bond acceptors (Lipinski definition) is 0.